The minimum atomic E-state index is -0.920. The fraction of sp³-hybridized carbons (Fsp3) is 0.500. The van der Waals surface area contributed by atoms with E-state index < -0.39 is 12.1 Å². The highest BCUT2D eigenvalue weighted by atomic mass is 16.5. The smallest absolute Gasteiger partial charge is 0.305 e. The third kappa shape index (κ3) is 5.73. The quantitative estimate of drug-likeness (QED) is 0.754. The molecule has 0 aromatic heterocycles. The first-order chi connectivity index (χ1) is 10.5. The van der Waals surface area contributed by atoms with Crippen molar-refractivity contribution in [2.45, 2.75) is 33.0 Å². The molecule has 1 unspecified atom stereocenters. The number of hydrogen-bond donors (Lipinski definition) is 1. The van der Waals surface area contributed by atoms with Crippen LogP contribution in [0.15, 0.2) is 24.3 Å². The van der Waals surface area contributed by atoms with Gasteiger partial charge in [-0.2, -0.15) is 0 Å². The number of nitrogens with zero attached hydrogens (tertiary/aromatic N) is 1. The fourth-order valence-electron chi connectivity index (χ4n) is 1.97. The molecule has 0 aliphatic rings. The lowest BCUT2D eigenvalue weighted by Gasteiger charge is -2.24. The molecule has 1 atom stereocenters. The summed E-state index contributed by atoms with van der Waals surface area (Å²) in [5, 5.41) is 8.70. The van der Waals surface area contributed by atoms with Crippen molar-refractivity contribution in [1.29, 1.82) is 0 Å². The summed E-state index contributed by atoms with van der Waals surface area (Å²) >= 11 is 0. The largest absolute Gasteiger partial charge is 0.497 e. The van der Waals surface area contributed by atoms with Gasteiger partial charge in [0.2, 0.25) is 0 Å². The molecule has 0 heterocycles. The molecule has 6 heteroatoms. The van der Waals surface area contributed by atoms with Crippen LogP contribution in [0.5, 0.6) is 5.75 Å². The molecule has 1 N–H and O–H groups in total. The molecule has 0 aliphatic heterocycles. The molecular formula is C16H23NO5. The van der Waals surface area contributed by atoms with Crippen molar-refractivity contribution in [3.05, 3.63) is 29.8 Å². The van der Waals surface area contributed by atoms with Gasteiger partial charge in [0, 0.05) is 13.1 Å². The second kappa shape index (κ2) is 9.04. The van der Waals surface area contributed by atoms with Crippen LogP contribution in [0.1, 0.15) is 25.8 Å². The molecule has 0 saturated heterocycles. The number of benzene rings is 1. The van der Waals surface area contributed by atoms with Crippen molar-refractivity contribution in [3.8, 4) is 5.75 Å². The minimum Gasteiger partial charge on any atom is -0.497 e. The van der Waals surface area contributed by atoms with E-state index in [0.717, 1.165) is 11.3 Å². The third-order valence-electron chi connectivity index (χ3n) is 3.27. The predicted molar refractivity (Wildman–Crippen MR) is 81.8 cm³/mol. The highest BCUT2D eigenvalue weighted by Crippen LogP contribution is 2.14. The zero-order valence-electron chi connectivity index (χ0n) is 13.2. The SMILES string of the molecule is CCN(CCC(=O)O)C(=O)C(C)OCc1cccc(OC)c1. The molecule has 1 aromatic carbocycles. The van der Waals surface area contributed by atoms with Crippen LogP contribution >= 0.6 is 0 Å². The van der Waals surface area contributed by atoms with Crippen LogP contribution in [0, 0.1) is 0 Å². The van der Waals surface area contributed by atoms with E-state index in [9.17, 15) is 9.59 Å². The van der Waals surface area contributed by atoms with Crippen LogP contribution in [0.4, 0.5) is 0 Å². The molecule has 0 radical (unpaired) electrons. The Morgan fingerprint density at radius 1 is 1.36 bits per heavy atom. The molecule has 0 bridgehead atoms. The summed E-state index contributed by atoms with van der Waals surface area (Å²) in [4.78, 5) is 24.3. The van der Waals surface area contributed by atoms with E-state index >= 15 is 0 Å². The standard InChI is InChI=1S/C16H23NO5/c1-4-17(9-8-15(18)19)16(20)12(2)22-11-13-6-5-7-14(10-13)21-3/h5-7,10,12H,4,8-9,11H2,1-3H3,(H,18,19). The maximum atomic E-state index is 12.2. The summed E-state index contributed by atoms with van der Waals surface area (Å²) in [5.41, 5.74) is 0.910. The normalized spacial score (nSPS) is 11.8. The van der Waals surface area contributed by atoms with Crippen molar-refractivity contribution in [3.63, 3.8) is 0 Å². The van der Waals surface area contributed by atoms with Gasteiger partial charge in [0.1, 0.15) is 11.9 Å². The topological polar surface area (TPSA) is 76.1 Å². The van der Waals surface area contributed by atoms with Crippen molar-refractivity contribution < 1.29 is 24.2 Å². The molecule has 1 amide bonds. The number of likely N-dealkylation sites (N-methyl/N-ethyl adjacent to an activating group) is 1. The van der Waals surface area contributed by atoms with E-state index in [0.29, 0.717) is 13.2 Å². The predicted octanol–water partition coefficient (Wildman–Crippen LogP) is 1.92. The molecule has 0 fully saturated rings. The number of ether oxygens (including phenoxy) is 2. The number of carboxylic acid groups (broad SMARTS) is 1. The molecule has 122 valence electrons. The molecule has 6 nitrogen and oxygen atoms in total. The van der Waals surface area contributed by atoms with Crippen molar-refractivity contribution in [2.24, 2.45) is 0 Å². The fourth-order valence-corrected chi connectivity index (χ4v) is 1.97. The second-order valence-electron chi connectivity index (χ2n) is 4.87. The summed E-state index contributed by atoms with van der Waals surface area (Å²) in [6, 6.07) is 7.43. The summed E-state index contributed by atoms with van der Waals surface area (Å²) < 4.78 is 10.7. The monoisotopic (exact) mass is 309 g/mol. The van der Waals surface area contributed by atoms with Gasteiger partial charge < -0.3 is 19.5 Å². The Morgan fingerprint density at radius 3 is 2.68 bits per heavy atom. The molecule has 0 saturated carbocycles. The highest BCUT2D eigenvalue weighted by Gasteiger charge is 2.20. The summed E-state index contributed by atoms with van der Waals surface area (Å²) in [7, 11) is 1.59. The molecule has 0 aliphatic carbocycles. The number of carbonyl (C=O) groups excluding carboxylic acids is 1. The van der Waals surface area contributed by atoms with Gasteiger partial charge >= 0.3 is 5.97 Å². The first-order valence-corrected chi connectivity index (χ1v) is 7.23. The molecule has 1 aromatic rings. The molecule has 1 rings (SSSR count). The van der Waals surface area contributed by atoms with Crippen LogP contribution < -0.4 is 4.74 Å². The Hall–Kier alpha value is -2.08. The number of hydrogen-bond acceptors (Lipinski definition) is 4. The Balaban J connectivity index is 2.53. The zero-order chi connectivity index (χ0) is 16.5. The van der Waals surface area contributed by atoms with Crippen molar-refractivity contribution in [2.75, 3.05) is 20.2 Å². The van der Waals surface area contributed by atoms with Crippen molar-refractivity contribution >= 4 is 11.9 Å². The first-order valence-electron chi connectivity index (χ1n) is 7.23. The van der Waals surface area contributed by atoms with E-state index in [2.05, 4.69) is 0 Å². The Kier molecular flexibility index (Phi) is 7.39. The average Bonchev–Trinajstić information content (AvgIpc) is 2.52. The first kappa shape index (κ1) is 18.0. The van der Waals surface area contributed by atoms with Crippen LogP contribution in [0.2, 0.25) is 0 Å². The number of amides is 1. The summed E-state index contributed by atoms with van der Waals surface area (Å²) in [6.07, 6.45) is -0.692. The van der Waals surface area contributed by atoms with Crippen LogP contribution in [0.3, 0.4) is 0 Å². The molecule has 22 heavy (non-hydrogen) atoms. The molecule has 0 spiro atoms. The van der Waals surface area contributed by atoms with E-state index in [1.165, 1.54) is 4.90 Å². The lowest BCUT2D eigenvalue weighted by atomic mass is 10.2. The van der Waals surface area contributed by atoms with Gasteiger partial charge in [-0.15, -0.1) is 0 Å². The number of aliphatic carboxylic acids is 1. The van der Waals surface area contributed by atoms with E-state index in [1.807, 2.05) is 31.2 Å². The summed E-state index contributed by atoms with van der Waals surface area (Å²) in [6.45, 7) is 4.43. The number of carboxylic acids is 1. The maximum Gasteiger partial charge on any atom is 0.305 e. The van der Waals surface area contributed by atoms with Crippen LogP contribution in [-0.2, 0) is 20.9 Å². The van der Waals surface area contributed by atoms with Crippen LogP contribution in [-0.4, -0.2) is 48.2 Å². The van der Waals surface area contributed by atoms with E-state index in [4.69, 9.17) is 14.6 Å². The highest BCUT2D eigenvalue weighted by molar-refractivity contribution is 5.81. The minimum absolute atomic E-state index is 0.0673. The van der Waals surface area contributed by atoms with Gasteiger partial charge in [-0.25, -0.2) is 0 Å². The Morgan fingerprint density at radius 2 is 2.09 bits per heavy atom. The van der Waals surface area contributed by atoms with Gasteiger partial charge in [0.15, 0.2) is 0 Å². The van der Waals surface area contributed by atoms with E-state index in [1.54, 1.807) is 14.0 Å². The maximum absolute atomic E-state index is 12.2. The van der Waals surface area contributed by atoms with Gasteiger partial charge in [0.25, 0.3) is 5.91 Å². The van der Waals surface area contributed by atoms with Gasteiger partial charge in [0.05, 0.1) is 20.1 Å². The lowest BCUT2D eigenvalue weighted by Crippen LogP contribution is -2.40. The third-order valence-corrected chi connectivity index (χ3v) is 3.27. The zero-order valence-corrected chi connectivity index (χ0v) is 13.2. The second-order valence-corrected chi connectivity index (χ2v) is 4.87. The molecular weight excluding hydrogens is 286 g/mol. The lowest BCUT2D eigenvalue weighted by molar-refractivity contribution is -0.144. The van der Waals surface area contributed by atoms with Gasteiger partial charge in [-0.05, 0) is 31.5 Å². The number of methoxy groups -OCH3 is 1. The Labute approximate surface area is 130 Å². The van der Waals surface area contributed by atoms with E-state index in [-0.39, 0.29) is 18.9 Å². The number of carbonyl (C=O) groups is 2. The van der Waals surface area contributed by atoms with Gasteiger partial charge in [-0.3, -0.25) is 9.59 Å². The number of rotatable bonds is 9. The van der Waals surface area contributed by atoms with Crippen LogP contribution in [0.25, 0.3) is 0 Å². The van der Waals surface area contributed by atoms with Crippen molar-refractivity contribution in [1.82, 2.24) is 4.90 Å². The average molecular weight is 309 g/mol. The van der Waals surface area contributed by atoms with Gasteiger partial charge in [-0.1, -0.05) is 12.1 Å². The Bertz CT molecular complexity index is 503. The summed E-state index contributed by atoms with van der Waals surface area (Å²) in [5.74, 6) is -0.389.